The third kappa shape index (κ3) is 7.04. The van der Waals surface area contributed by atoms with Gasteiger partial charge < -0.3 is 9.84 Å². The van der Waals surface area contributed by atoms with Gasteiger partial charge in [0.15, 0.2) is 0 Å². The van der Waals surface area contributed by atoms with Gasteiger partial charge in [-0.2, -0.15) is 0 Å². The SMILES string of the molecule is CCC(=O)OC/C=C(/C)CCC(C)C(=O)O. The van der Waals surface area contributed by atoms with Crippen LogP contribution in [0.3, 0.4) is 0 Å². The molecular weight excluding hydrogens is 208 g/mol. The molecule has 0 fully saturated rings. The first-order valence-electron chi connectivity index (χ1n) is 5.51. The van der Waals surface area contributed by atoms with Crippen LogP contribution in [0.15, 0.2) is 11.6 Å². The molecule has 0 saturated heterocycles. The molecule has 0 aromatic carbocycles. The molecule has 0 radical (unpaired) electrons. The molecule has 0 aliphatic rings. The number of carbonyl (C=O) groups excluding carboxylic acids is 1. The van der Waals surface area contributed by atoms with Gasteiger partial charge in [0, 0.05) is 6.42 Å². The third-order valence-electron chi connectivity index (χ3n) is 2.36. The predicted molar refractivity (Wildman–Crippen MR) is 61.0 cm³/mol. The lowest BCUT2D eigenvalue weighted by atomic mass is 10.0. The molecule has 1 atom stereocenters. The highest BCUT2D eigenvalue weighted by Crippen LogP contribution is 2.11. The lowest BCUT2D eigenvalue weighted by Gasteiger charge is -2.06. The Hall–Kier alpha value is -1.32. The second kappa shape index (κ2) is 7.91. The van der Waals surface area contributed by atoms with Crippen molar-refractivity contribution in [3.05, 3.63) is 11.6 Å². The minimum atomic E-state index is -0.773. The summed E-state index contributed by atoms with van der Waals surface area (Å²) in [7, 11) is 0. The van der Waals surface area contributed by atoms with Crippen molar-refractivity contribution in [3.63, 3.8) is 0 Å². The van der Waals surface area contributed by atoms with Crippen LogP contribution in [0.1, 0.15) is 40.0 Å². The molecular formula is C12H20O4. The minimum Gasteiger partial charge on any atom is -0.481 e. The zero-order valence-corrected chi connectivity index (χ0v) is 10.2. The van der Waals surface area contributed by atoms with E-state index in [1.165, 1.54) is 0 Å². The number of aliphatic carboxylic acids is 1. The quantitative estimate of drug-likeness (QED) is 0.536. The Morgan fingerprint density at radius 1 is 1.44 bits per heavy atom. The molecule has 0 spiro atoms. The van der Waals surface area contributed by atoms with E-state index >= 15 is 0 Å². The standard InChI is InChI=1S/C12H20O4/c1-4-11(13)16-8-7-9(2)5-6-10(3)12(14)15/h7,10H,4-6,8H2,1-3H3,(H,14,15)/b9-7-. The van der Waals surface area contributed by atoms with Crippen LogP contribution >= 0.6 is 0 Å². The van der Waals surface area contributed by atoms with E-state index in [0.29, 0.717) is 12.8 Å². The van der Waals surface area contributed by atoms with E-state index in [1.807, 2.05) is 13.0 Å². The van der Waals surface area contributed by atoms with Gasteiger partial charge in [-0.1, -0.05) is 19.4 Å². The molecule has 0 rings (SSSR count). The number of carboxylic acid groups (broad SMARTS) is 1. The molecule has 0 heterocycles. The smallest absolute Gasteiger partial charge is 0.306 e. The molecule has 0 saturated carbocycles. The van der Waals surface area contributed by atoms with Crippen LogP contribution in [0.4, 0.5) is 0 Å². The molecule has 0 aliphatic carbocycles. The van der Waals surface area contributed by atoms with E-state index in [0.717, 1.165) is 12.0 Å². The number of carbonyl (C=O) groups is 2. The van der Waals surface area contributed by atoms with Gasteiger partial charge in [-0.05, 0) is 25.8 Å². The van der Waals surface area contributed by atoms with Gasteiger partial charge in [0.05, 0.1) is 5.92 Å². The zero-order valence-electron chi connectivity index (χ0n) is 10.2. The summed E-state index contributed by atoms with van der Waals surface area (Å²) in [6, 6.07) is 0. The van der Waals surface area contributed by atoms with Crippen molar-refractivity contribution in [1.29, 1.82) is 0 Å². The monoisotopic (exact) mass is 228 g/mol. The fraction of sp³-hybridized carbons (Fsp3) is 0.667. The Morgan fingerprint density at radius 2 is 2.06 bits per heavy atom. The van der Waals surface area contributed by atoms with Gasteiger partial charge in [0.25, 0.3) is 0 Å². The topological polar surface area (TPSA) is 63.6 Å². The number of hydrogen-bond donors (Lipinski definition) is 1. The van der Waals surface area contributed by atoms with Crippen LogP contribution in [0.25, 0.3) is 0 Å². The fourth-order valence-electron chi connectivity index (χ4n) is 1.05. The minimum absolute atomic E-state index is 0.219. The van der Waals surface area contributed by atoms with E-state index in [4.69, 9.17) is 9.84 Å². The van der Waals surface area contributed by atoms with Gasteiger partial charge in [-0.15, -0.1) is 0 Å². The zero-order chi connectivity index (χ0) is 12.6. The number of carboxylic acids is 1. The van der Waals surface area contributed by atoms with Crippen LogP contribution in [-0.2, 0) is 14.3 Å². The van der Waals surface area contributed by atoms with Crippen LogP contribution in [0.5, 0.6) is 0 Å². The summed E-state index contributed by atoms with van der Waals surface area (Å²) >= 11 is 0. The van der Waals surface area contributed by atoms with E-state index < -0.39 is 5.97 Å². The second-order valence-corrected chi connectivity index (χ2v) is 3.87. The van der Waals surface area contributed by atoms with Gasteiger partial charge in [-0.3, -0.25) is 9.59 Å². The molecule has 0 aliphatic heterocycles. The number of rotatable bonds is 7. The highest BCUT2D eigenvalue weighted by atomic mass is 16.5. The van der Waals surface area contributed by atoms with E-state index in [2.05, 4.69) is 0 Å². The lowest BCUT2D eigenvalue weighted by Crippen LogP contribution is -2.09. The Morgan fingerprint density at radius 3 is 2.56 bits per heavy atom. The highest BCUT2D eigenvalue weighted by Gasteiger charge is 2.09. The molecule has 0 aromatic heterocycles. The van der Waals surface area contributed by atoms with Gasteiger partial charge in [0.2, 0.25) is 0 Å². The molecule has 0 bridgehead atoms. The van der Waals surface area contributed by atoms with E-state index in [-0.39, 0.29) is 18.5 Å². The number of ether oxygens (including phenoxy) is 1. The van der Waals surface area contributed by atoms with Gasteiger partial charge in [0.1, 0.15) is 6.61 Å². The summed E-state index contributed by atoms with van der Waals surface area (Å²) in [5.41, 5.74) is 1.05. The molecule has 1 N–H and O–H groups in total. The highest BCUT2D eigenvalue weighted by molar-refractivity contribution is 5.69. The first kappa shape index (κ1) is 14.7. The molecule has 1 unspecified atom stereocenters. The summed E-state index contributed by atoms with van der Waals surface area (Å²) < 4.78 is 4.88. The molecule has 92 valence electrons. The van der Waals surface area contributed by atoms with Crippen molar-refractivity contribution >= 4 is 11.9 Å². The van der Waals surface area contributed by atoms with Gasteiger partial charge >= 0.3 is 11.9 Å². The maximum absolute atomic E-state index is 10.8. The van der Waals surface area contributed by atoms with Gasteiger partial charge in [-0.25, -0.2) is 0 Å². The third-order valence-corrected chi connectivity index (χ3v) is 2.36. The maximum atomic E-state index is 10.8. The first-order valence-corrected chi connectivity index (χ1v) is 5.51. The number of hydrogen-bond acceptors (Lipinski definition) is 3. The number of allylic oxidation sites excluding steroid dienone is 1. The van der Waals surface area contributed by atoms with Crippen molar-refractivity contribution < 1.29 is 19.4 Å². The largest absolute Gasteiger partial charge is 0.481 e. The molecule has 4 heteroatoms. The van der Waals surface area contributed by atoms with Crippen LogP contribution in [0, 0.1) is 5.92 Å². The van der Waals surface area contributed by atoms with E-state index in [9.17, 15) is 9.59 Å². The molecule has 4 nitrogen and oxygen atoms in total. The Balaban J connectivity index is 3.79. The first-order chi connectivity index (χ1) is 7.47. The fourth-order valence-corrected chi connectivity index (χ4v) is 1.05. The second-order valence-electron chi connectivity index (χ2n) is 3.87. The summed E-state index contributed by atoms with van der Waals surface area (Å²) in [5, 5.41) is 8.69. The summed E-state index contributed by atoms with van der Waals surface area (Å²) in [6.07, 6.45) is 3.53. The van der Waals surface area contributed by atoms with Crippen LogP contribution < -0.4 is 0 Å². The van der Waals surface area contributed by atoms with Crippen molar-refractivity contribution in [2.45, 2.75) is 40.0 Å². The normalized spacial score (nSPS) is 13.3. The van der Waals surface area contributed by atoms with Crippen molar-refractivity contribution in [2.75, 3.05) is 6.61 Å². The van der Waals surface area contributed by atoms with Crippen molar-refractivity contribution in [1.82, 2.24) is 0 Å². The predicted octanol–water partition coefficient (Wildman–Crippen LogP) is 2.39. The molecule has 16 heavy (non-hydrogen) atoms. The van der Waals surface area contributed by atoms with Crippen LogP contribution in [-0.4, -0.2) is 23.7 Å². The Kier molecular flexibility index (Phi) is 7.25. The summed E-state index contributed by atoms with van der Waals surface area (Å²) in [6.45, 7) is 5.62. The van der Waals surface area contributed by atoms with Crippen molar-refractivity contribution in [3.8, 4) is 0 Å². The Bertz CT molecular complexity index is 268. The summed E-state index contributed by atoms with van der Waals surface area (Å²) in [4.78, 5) is 21.4. The lowest BCUT2D eigenvalue weighted by molar-refractivity contribution is -0.142. The van der Waals surface area contributed by atoms with Crippen LogP contribution in [0.2, 0.25) is 0 Å². The average Bonchev–Trinajstić information content (AvgIpc) is 2.25. The number of esters is 1. The molecule has 0 aromatic rings. The maximum Gasteiger partial charge on any atom is 0.306 e. The molecule has 0 amide bonds. The average molecular weight is 228 g/mol. The summed E-state index contributed by atoms with van der Waals surface area (Å²) in [5.74, 6) is -1.32. The Labute approximate surface area is 96.3 Å². The van der Waals surface area contributed by atoms with E-state index in [1.54, 1.807) is 13.8 Å². The van der Waals surface area contributed by atoms with Crippen molar-refractivity contribution in [2.24, 2.45) is 5.92 Å².